The molecule has 0 aliphatic carbocycles. The second kappa shape index (κ2) is 8.08. The van der Waals surface area contributed by atoms with Gasteiger partial charge in [-0.25, -0.2) is 4.98 Å². The van der Waals surface area contributed by atoms with E-state index >= 15 is 0 Å². The lowest BCUT2D eigenvalue weighted by molar-refractivity contribution is -0.387. The number of aromatic nitrogens is 2. The van der Waals surface area contributed by atoms with Gasteiger partial charge in [-0.15, -0.1) is 0 Å². The van der Waals surface area contributed by atoms with Gasteiger partial charge in [0.15, 0.2) is 0 Å². The highest BCUT2D eigenvalue weighted by Gasteiger charge is 2.15. The van der Waals surface area contributed by atoms with Crippen molar-refractivity contribution < 1.29 is 19.2 Å². The number of nitro benzene ring substituents is 1. The van der Waals surface area contributed by atoms with E-state index in [1.54, 1.807) is 6.07 Å². The molecule has 142 valence electrons. The van der Waals surface area contributed by atoms with Gasteiger partial charge in [-0.3, -0.25) is 14.9 Å². The molecule has 0 unspecified atom stereocenters. The summed E-state index contributed by atoms with van der Waals surface area (Å²) in [5.74, 6) is -1.73. The molecule has 0 fully saturated rings. The number of nitro groups is 1. The van der Waals surface area contributed by atoms with E-state index in [9.17, 15) is 19.3 Å². The zero-order valence-electron chi connectivity index (χ0n) is 14.3. The molecular weight excluding hydrogens is 369 g/mol. The summed E-state index contributed by atoms with van der Waals surface area (Å²) in [6.07, 6.45) is 0. The van der Waals surface area contributed by atoms with Crippen LogP contribution in [0.3, 0.4) is 0 Å². The van der Waals surface area contributed by atoms with E-state index in [0.29, 0.717) is 5.69 Å². The van der Waals surface area contributed by atoms with Gasteiger partial charge in [0.05, 0.1) is 10.6 Å². The van der Waals surface area contributed by atoms with E-state index in [2.05, 4.69) is 20.6 Å². The van der Waals surface area contributed by atoms with E-state index in [-0.39, 0.29) is 24.0 Å². The van der Waals surface area contributed by atoms with Gasteiger partial charge in [0.2, 0.25) is 11.8 Å². The van der Waals surface area contributed by atoms with Crippen LogP contribution in [0.4, 0.5) is 27.5 Å². The zero-order valence-corrected chi connectivity index (χ0v) is 14.3. The third kappa shape index (κ3) is 4.55. The third-order valence-corrected chi connectivity index (χ3v) is 3.61. The van der Waals surface area contributed by atoms with Crippen LogP contribution in [0, 0.1) is 15.9 Å². The standard InChI is InChI=1S/C18H14FN5O4/c19-13-7-6-12(8-15(13)24(27)28)21-16-9-14(11-4-2-1-3-5-11)22-18(23-16)20-10-17(25)26/h1-9H,10H2,(H,25,26)(H2,20,21,22,23). The molecule has 0 bridgehead atoms. The van der Waals surface area contributed by atoms with Crippen molar-refractivity contribution in [1.29, 1.82) is 0 Å². The number of carboxylic acid groups (broad SMARTS) is 1. The molecule has 3 aromatic rings. The number of carboxylic acids is 1. The Balaban J connectivity index is 1.97. The molecule has 0 radical (unpaired) electrons. The van der Waals surface area contributed by atoms with E-state index < -0.39 is 22.4 Å². The Morgan fingerprint density at radius 1 is 1.14 bits per heavy atom. The zero-order chi connectivity index (χ0) is 20.1. The summed E-state index contributed by atoms with van der Waals surface area (Å²) in [4.78, 5) is 29.3. The summed E-state index contributed by atoms with van der Waals surface area (Å²) in [7, 11) is 0. The van der Waals surface area contributed by atoms with Gasteiger partial charge in [-0.2, -0.15) is 9.37 Å². The average Bonchev–Trinajstić information content (AvgIpc) is 2.68. The summed E-state index contributed by atoms with van der Waals surface area (Å²) in [5.41, 5.74) is 0.834. The predicted molar refractivity (Wildman–Crippen MR) is 99.9 cm³/mol. The van der Waals surface area contributed by atoms with Crippen LogP contribution in [-0.2, 0) is 4.79 Å². The normalized spacial score (nSPS) is 10.3. The number of carbonyl (C=O) groups is 1. The molecule has 3 N–H and O–H groups in total. The Morgan fingerprint density at radius 2 is 1.89 bits per heavy atom. The van der Waals surface area contributed by atoms with Crippen LogP contribution >= 0.6 is 0 Å². The molecular formula is C18H14FN5O4. The third-order valence-electron chi connectivity index (χ3n) is 3.61. The SMILES string of the molecule is O=C(O)CNc1nc(Nc2ccc(F)c([N+](=O)[O-])c2)cc(-c2ccccc2)n1. The maximum Gasteiger partial charge on any atom is 0.322 e. The van der Waals surface area contributed by atoms with E-state index in [0.717, 1.165) is 17.7 Å². The van der Waals surface area contributed by atoms with Gasteiger partial charge in [0, 0.05) is 23.4 Å². The first-order valence-electron chi connectivity index (χ1n) is 8.03. The lowest BCUT2D eigenvalue weighted by Gasteiger charge is -2.11. The highest BCUT2D eigenvalue weighted by molar-refractivity contribution is 5.73. The van der Waals surface area contributed by atoms with Crippen molar-refractivity contribution in [2.24, 2.45) is 0 Å². The number of anilines is 3. The molecule has 0 saturated heterocycles. The lowest BCUT2D eigenvalue weighted by Crippen LogP contribution is -2.15. The Hall–Kier alpha value is -4.08. The highest BCUT2D eigenvalue weighted by Crippen LogP contribution is 2.26. The van der Waals surface area contributed by atoms with Crippen molar-refractivity contribution in [3.05, 3.63) is 70.5 Å². The average molecular weight is 383 g/mol. The fraction of sp³-hybridized carbons (Fsp3) is 0.0556. The van der Waals surface area contributed by atoms with Crippen molar-refractivity contribution >= 4 is 29.1 Å². The summed E-state index contributed by atoms with van der Waals surface area (Å²) in [6.45, 7) is -0.389. The van der Waals surface area contributed by atoms with Gasteiger partial charge in [-0.1, -0.05) is 30.3 Å². The minimum atomic E-state index is -1.09. The monoisotopic (exact) mass is 383 g/mol. The van der Waals surface area contributed by atoms with Crippen molar-refractivity contribution in [1.82, 2.24) is 9.97 Å². The van der Waals surface area contributed by atoms with Gasteiger partial charge in [-0.05, 0) is 12.1 Å². The Labute approximate surface area is 158 Å². The van der Waals surface area contributed by atoms with E-state index in [1.807, 2.05) is 30.3 Å². The second-order valence-electron chi connectivity index (χ2n) is 5.62. The second-order valence-corrected chi connectivity index (χ2v) is 5.62. The molecule has 1 heterocycles. The van der Waals surface area contributed by atoms with Crippen LogP contribution in [0.1, 0.15) is 0 Å². The molecule has 0 saturated carbocycles. The molecule has 10 heteroatoms. The van der Waals surface area contributed by atoms with Crippen molar-refractivity contribution in [3.63, 3.8) is 0 Å². The number of rotatable bonds is 7. The predicted octanol–water partition coefficient (Wildman–Crippen LogP) is 3.43. The Kier molecular flexibility index (Phi) is 5.40. The van der Waals surface area contributed by atoms with Crippen LogP contribution in [-0.4, -0.2) is 32.5 Å². The molecule has 3 rings (SSSR count). The molecule has 0 atom stereocenters. The lowest BCUT2D eigenvalue weighted by atomic mass is 10.1. The van der Waals surface area contributed by atoms with Crippen molar-refractivity contribution in [3.8, 4) is 11.3 Å². The first-order chi connectivity index (χ1) is 13.4. The van der Waals surface area contributed by atoms with Crippen LogP contribution in [0.25, 0.3) is 11.3 Å². The van der Waals surface area contributed by atoms with Crippen LogP contribution in [0.5, 0.6) is 0 Å². The topological polar surface area (TPSA) is 130 Å². The maximum absolute atomic E-state index is 13.5. The van der Waals surface area contributed by atoms with E-state index in [4.69, 9.17) is 5.11 Å². The number of nitrogens with zero attached hydrogens (tertiary/aromatic N) is 3. The van der Waals surface area contributed by atoms with E-state index in [1.165, 1.54) is 6.07 Å². The number of nitrogens with one attached hydrogen (secondary N) is 2. The number of halogens is 1. The van der Waals surface area contributed by atoms with Crippen LogP contribution < -0.4 is 10.6 Å². The number of benzene rings is 2. The molecule has 28 heavy (non-hydrogen) atoms. The quantitative estimate of drug-likeness (QED) is 0.418. The highest BCUT2D eigenvalue weighted by atomic mass is 19.1. The Morgan fingerprint density at radius 3 is 2.57 bits per heavy atom. The van der Waals surface area contributed by atoms with Crippen LogP contribution in [0.2, 0.25) is 0 Å². The van der Waals surface area contributed by atoms with Crippen LogP contribution in [0.15, 0.2) is 54.6 Å². The van der Waals surface area contributed by atoms with Gasteiger partial charge in [0.1, 0.15) is 12.4 Å². The summed E-state index contributed by atoms with van der Waals surface area (Å²) >= 11 is 0. The largest absolute Gasteiger partial charge is 0.480 e. The van der Waals surface area contributed by atoms with Crippen molar-refractivity contribution in [2.75, 3.05) is 17.2 Å². The summed E-state index contributed by atoms with van der Waals surface area (Å²) in [6, 6.07) is 14.0. The molecule has 0 aliphatic rings. The molecule has 0 spiro atoms. The minimum Gasteiger partial charge on any atom is -0.480 e. The number of hydrogen-bond donors (Lipinski definition) is 3. The molecule has 0 aliphatic heterocycles. The number of hydrogen-bond acceptors (Lipinski definition) is 7. The fourth-order valence-corrected chi connectivity index (χ4v) is 2.38. The summed E-state index contributed by atoms with van der Waals surface area (Å²) in [5, 5.41) is 25.2. The first-order valence-corrected chi connectivity index (χ1v) is 8.03. The number of aliphatic carboxylic acids is 1. The van der Waals surface area contributed by atoms with Gasteiger partial charge < -0.3 is 15.7 Å². The van der Waals surface area contributed by atoms with Crippen molar-refractivity contribution in [2.45, 2.75) is 0 Å². The summed E-state index contributed by atoms with van der Waals surface area (Å²) < 4.78 is 13.5. The maximum atomic E-state index is 13.5. The fourth-order valence-electron chi connectivity index (χ4n) is 2.38. The Bertz CT molecular complexity index is 1030. The molecule has 2 aromatic carbocycles. The van der Waals surface area contributed by atoms with Gasteiger partial charge >= 0.3 is 11.7 Å². The first kappa shape index (κ1) is 18.7. The minimum absolute atomic E-state index is 0.0582. The van der Waals surface area contributed by atoms with Gasteiger partial charge in [0.25, 0.3) is 0 Å². The smallest absolute Gasteiger partial charge is 0.322 e. The molecule has 0 amide bonds. The molecule has 9 nitrogen and oxygen atoms in total. The molecule has 1 aromatic heterocycles.